The molecule has 0 unspecified atom stereocenters. The normalized spacial score (nSPS) is 10.1. The van der Waals surface area contributed by atoms with Gasteiger partial charge in [0.2, 0.25) is 0 Å². The molecular weight excluding hydrogens is 344 g/mol. The Kier molecular flexibility index (Phi) is 5.26. The maximum Gasteiger partial charge on any atom is 0.283 e. The van der Waals surface area contributed by atoms with Gasteiger partial charge in [0, 0.05) is 16.6 Å². The summed E-state index contributed by atoms with van der Waals surface area (Å²) >= 11 is 0. The van der Waals surface area contributed by atoms with Crippen LogP contribution in [0.15, 0.2) is 42.5 Å². The number of H-pyrrole nitrogens is 1. The van der Waals surface area contributed by atoms with Gasteiger partial charge in [-0.05, 0) is 25.5 Å². The highest BCUT2D eigenvalue weighted by atomic mass is 16.6. The summed E-state index contributed by atoms with van der Waals surface area (Å²) in [4.78, 5) is 31.5. The summed E-state index contributed by atoms with van der Waals surface area (Å²) in [6.07, 6.45) is 0. The number of hydrogen-bond acceptors (Lipinski definition) is 6. The fourth-order valence-electron chi connectivity index (χ4n) is 2.31. The Morgan fingerprint density at radius 1 is 0.769 bits per heavy atom. The van der Waals surface area contributed by atoms with Crippen molar-refractivity contribution >= 4 is 28.0 Å². The zero-order chi connectivity index (χ0) is 19.4. The molecule has 134 valence electrons. The van der Waals surface area contributed by atoms with Gasteiger partial charge in [0.05, 0.1) is 33.0 Å². The molecule has 26 heavy (non-hydrogen) atoms. The van der Waals surface area contributed by atoms with E-state index in [-0.39, 0.29) is 0 Å². The Bertz CT molecular complexity index is 932. The van der Waals surface area contributed by atoms with Crippen LogP contribution in [0.4, 0.5) is 17.1 Å². The van der Waals surface area contributed by atoms with Crippen LogP contribution in [-0.2, 0) is 0 Å². The van der Waals surface area contributed by atoms with Crippen molar-refractivity contribution in [2.24, 2.45) is 0 Å². The Morgan fingerprint density at radius 2 is 1.19 bits per heavy atom. The van der Waals surface area contributed by atoms with Gasteiger partial charge in [-0.15, -0.1) is 0 Å². The molecule has 0 saturated carbocycles. The fraction of sp³-hybridized carbons (Fsp3) is 0.125. The molecule has 0 aliphatic carbocycles. The highest BCUT2D eigenvalue weighted by Crippen LogP contribution is 2.26. The van der Waals surface area contributed by atoms with E-state index in [1.807, 2.05) is 0 Å². The van der Waals surface area contributed by atoms with E-state index in [9.17, 15) is 30.3 Å². The van der Waals surface area contributed by atoms with Gasteiger partial charge in [-0.1, -0.05) is 18.2 Å². The minimum atomic E-state index is -0.931. The van der Waals surface area contributed by atoms with Crippen LogP contribution >= 0.6 is 0 Å². The van der Waals surface area contributed by atoms with Gasteiger partial charge < -0.3 is 4.98 Å². The molecule has 0 amide bonds. The number of benzene rings is 2. The van der Waals surface area contributed by atoms with E-state index in [1.165, 1.54) is 22.2 Å². The predicted molar refractivity (Wildman–Crippen MR) is 94.2 cm³/mol. The number of nitrogens with zero attached hydrogens (tertiary/aromatic N) is 3. The molecule has 0 atom stereocenters. The average molecular weight is 358 g/mol. The number of aromatic nitrogens is 1. The van der Waals surface area contributed by atoms with Gasteiger partial charge in [-0.3, -0.25) is 30.3 Å². The maximum absolute atomic E-state index is 10.3. The maximum atomic E-state index is 10.3. The second kappa shape index (κ2) is 7.38. The summed E-state index contributed by atoms with van der Waals surface area (Å²) in [6, 6.07) is 10.4. The van der Waals surface area contributed by atoms with Crippen LogP contribution in [0.5, 0.6) is 0 Å². The van der Waals surface area contributed by atoms with Crippen molar-refractivity contribution in [2.45, 2.75) is 13.8 Å². The van der Waals surface area contributed by atoms with Crippen LogP contribution in [0.25, 0.3) is 10.9 Å². The third-order valence-corrected chi connectivity index (χ3v) is 3.74. The molecule has 0 radical (unpaired) electrons. The summed E-state index contributed by atoms with van der Waals surface area (Å²) in [5.41, 5.74) is 1.82. The van der Waals surface area contributed by atoms with Crippen molar-refractivity contribution in [2.75, 3.05) is 0 Å². The van der Waals surface area contributed by atoms with Crippen LogP contribution in [-0.4, -0.2) is 19.8 Å². The first kappa shape index (κ1) is 18.5. The monoisotopic (exact) mass is 358 g/mol. The molecule has 0 fully saturated rings. The standard InChI is InChI=1S/C10H11N.C6H3N3O6/c1-7-8(2)11-10-6-4-3-5-9(7)10;10-7(11)4-1-5(8(12)13)3-6(2-4)9(14)15/h3-6,11H,1-2H3;1-3H. The Hall–Kier alpha value is -3.82. The second-order valence-corrected chi connectivity index (χ2v) is 5.40. The number of nitro groups is 3. The number of para-hydroxylation sites is 1. The summed E-state index contributed by atoms with van der Waals surface area (Å²) < 4.78 is 0. The Labute approximate surface area is 146 Å². The first-order chi connectivity index (χ1) is 12.2. The van der Waals surface area contributed by atoms with E-state index >= 15 is 0 Å². The molecule has 0 saturated heterocycles. The Morgan fingerprint density at radius 3 is 1.58 bits per heavy atom. The summed E-state index contributed by atoms with van der Waals surface area (Å²) in [5, 5.41) is 32.3. The smallest absolute Gasteiger partial charge is 0.283 e. The first-order valence-corrected chi connectivity index (χ1v) is 7.33. The Balaban J connectivity index is 0.000000195. The molecule has 10 nitrogen and oxygen atoms in total. The summed E-state index contributed by atoms with van der Waals surface area (Å²) in [5.74, 6) is 0. The average Bonchev–Trinajstić information content (AvgIpc) is 2.89. The van der Waals surface area contributed by atoms with Crippen molar-refractivity contribution in [3.8, 4) is 0 Å². The van der Waals surface area contributed by atoms with Crippen LogP contribution in [0.1, 0.15) is 11.3 Å². The van der Waals surface area contributed by atoms with Gasteiger partial charge in [0.15, 0.2) is 0 Å². The summed E-state index contributed by atoms with van der Waals surface area (Å²) in [6.45, 7) is 4.25. The van der Waals surface area contributed by atoms with Crippen molar-refractivity contribution in [3.05, 3.63) is 84.1 Å². The zero-order valence-corrected chi connectivity index (χ0v) is 13.8. The quantitative estimate of drug-likeness (QED) is 0.548. The minimum Gasteiger partial charge on any atom is -0.358 e. The molecule has 2 aromatic carbocycles. The number of hydrogen-bond donors (Lipinski definition) is 1. The predicted octanol–water partition coefficient (Wildman–Crippen LogP) is 4.20. The SMILES string of the molecule is Cc1[nH]c2ccccc2c1C.O=[N+]([O-])c1cc([N+](=O)[O-])cc([N+](=O)[O-])c1. The van der Waals surface area contributed by atoms with Crippen molar-refractivity contribution in [3.63, 3.8) is 0 Å². The van der Waals surface area contributed by atoms with Crippen molar-refractivity contribution in [1.29, 1.82) is 0 Å². The van der Waals surface area contributed by atoms with Crippen molar-refractivity contribution in [1.82, 2.24) is 4.98 Å². The van der Waals surface area contributed by atoms with E-state index < -0.39 is 31.8 Å². The van der Waals surface area contributed by atoms with Crippen LogP contribution in [0, 0.1) is 44.2 Å². The first-order valence-electron chi connectivity index (χ1n) is 7.33. The molecule has 0 spiro atoms. The molecule has 0 aliphatic heterocycles. The lowest BCUT2D eigenvalue weighted by Gasteiger charge is -1.93. The topological polar surface area (TPSA) is 145 Å². The lowest BCUT2D eigenvalue weighted by molar-refractivity contribution is -0.403. The molecule has 1 N–H and O–H groups in total. The number of aryl methyl sites for hydroxylation is 2. The number of non-ortho nitro benzene ring substituents is 3. The number of rotatable bonds is 3. The molecule has 3 rings (SSSR count). The molecule has 3 aromatic rings. The highest BCUT2D eigenvalue weighted by molar-refractivity contribution is 5.84. The molecule has 1 aromatic heterocycles. The summed E-state index contributed by atoms with van der Waals surface area (Å²) in [7, 11) is 0. The van der Waals surface area contributed by atoms with E-state index in [2.05, 4.69) is 43.1 Å². The van der Waals surface area contributed by atoms with Crippen molar-refractivity contribution < 1.29 is 14.8 Å². The van der Waals surface area contributed by atoms with E-state index in [0.717, 1.165) is 0 Å². The van der Waals surface area contributed by atoms with Gasteiger partial charge in [-0.25, -0.2) is 0 Å². The third kappa shape index (κ3) is 3.98. The number of fused-ring (bicyclic) bond motifs is 1. The lowest BCUT2D eigenvalue weighted by atomic mass is 10.2. The van der Waals surface area contributed by atoms with Gasteiger partial charge in [0.1, 0.15) is 0 Å². The van der Waals surface area contributed by atoms with Gasteiger partial charge >= 0.3 is 0 Å². The van der Waals surface area contributed by atoms with Crippen LogP contribution in [0.3, 0.4) is 0 Å². The molecular formula is C16H14N4O6. The lowest BCUT2D eigenvalue weighted by Crippen LogP contribution is -1.96. The molecule has 1 heterocycles. The molecule has 10 heteroatoms. The zero-order valence-electron chi connectivity index (χ0n) is 13.8. The van der Waals surface area contributed by atoms with Gasteiger partial charge in [0.25, 0.3) is 17.1 Å². The van der Waals surface area contributed by atoms with Crippen LogP contribution < -0.4 is 0 Å². The van der Waals surface area contributed by atoms with Gasteiger partial charge in [-0.2, -0.15) is 0 Å². The molecule has 0 aliphatic rings. The minimum absolute atomic E-state index is 0.660. The van der Waals surface area contributed by atoms with Crippen LogP contribution in [0.2, 0.25) is 0 Å². The third-order valence-electron chi connectivity index (χ3n) is 3.74. The van der Waals surface area contributed by atoms with E-state index in [0.29, 0.717) is 18.2 Å². The number of aromatic amines is 1. The second-order valence-electron chi connectivity index (χ2n) is 5.40. The fourth-order valence-corrected chi connectivity index (χ4v) is 2.31. The largest absolute Gasteiger partial charge is 0.358 e. The number of nitrogens with one attached hydrogen (secondary N) is 1. The van der Waals surface area contributed by atoms with E-state index in [1.54, 1.807) is 0 Å². The number of nitro benzene ring substituents is 3. The highest BCUT2D eigenvalue weighted by Gasteiger charge is 2.21. The molecule has 0 bridgehead atoms. The van der Waals surface area contributed by atoms with E-state index in [4.69, 9.17) is 0 Å².